The molecule has 13 heavy (non-hydrogen) atoms. The molecule has 1 atom stereocenters. The van der Waals surface area contributed by atoms with Crippen molar-refractivity contribution in [3.05, 3.63) is 24.3 Å². The summed E-state index contributed by atoms with van der Waals surface area (Å²) in [6.07, 6.45) is 10.7. The van der Waals surface area contributed by atoms with E-state index in [1.165, 1.54) is 0 Å². The van der Waals surface area contributed by atoms with E-state index in [4.69, 9.17) is 0 Å². The van der Waals surface area contributed by atoms with E-state index in [9.17, 15) is 9.90 Å². The predicted octanol–water partition coefficient (Wildman–Crippen LogP) is 1.60. The molecule has 1 spiro atoms. The zero-order valence-corrected chi connectivity index (χ0v) is 7.57. The summed E-state index contributed by atoms with van der Waals surface area (Å²) in [4.78, 5) is 10.9. The fraction of sp³-hybridized carbons (Fsp3) is 0.545. The fourth-order valence-corrected chi connectivity index (χ4v) is 2.22. The molecule has 0 aromatic rings. The average molecular weight is 178 g/mol. The maximum atomic E-state index is 10.9. The summed E-state index contributed by atoms with van der Waals surface area (Å²) in [5.74, 6) is 0.0608. The molecule has 1 saturated carbocycles. The largest absolute Gasteiger partial charge is 0.393 e. The van der Waals surface area contributed by atoms with Crippen LogP contribution in [0.2, 0.25) is 0 Å². The van der Waals surface area contributed by atoms with Gasteiger partial charge in [-0.1, -0.05) is 12.2 Å². The predicted molar refractivity (Wildman–Crippen MR) is 50.2 cm³/mol. The highest BCUT2D eigenvalue weighted by Gasteiger charge is 2.32. The van der Waals surface area contributed by atoms with Gasteiger partial charge in [-0.25, -0.2) is 0 Å². The Bertz CT molecular complexity index is 260. The van der Waals surface area contributed by atoms with Crippen LogP contribution in [0.15, 0.2) is 24.3 Å². The van der Waals surface area contributed by atoms with Crippen LogP contribution in [0.4, 0.5) is 0 Å². The first kappa shape index (κ1) is 8.70. The molecule has 2 rings (SSSR count). The highest BCUT2D eigenvalue weighted by atomic mass is 16.3. The molecule has 1 N–H and O–H groups in total. The summed E-state index contributed by atoms with van der Waals surface area (Å²) in [5.41, 5.74) is -0.0222. The van der Waals surface area contributed by atoms with Gasteiger partial charge in [-0.05, 0) is 37.8 Å². The number of hydrogen-bond acceptors (Lipinski definition) is 2. The molecule has 2 nitrogen and oxygen atoms in total. The van der Waals surface area contributed by atoms with Crippen LogP contribution in [0.5, 0.6) is 0 Å². The van der Waals surface area contributed by atoms with Crippen molar-refractivity contribution >= 4 is 5.78 Å². The van der Waals surface area contributed by atoms with Gasteiger partial charge in [-0.2, -0.15) is 0 Å². The van der Waals surface area contributed by atoms with Gasteiger partial charge in [-0.15, -0.1) is 0 Å². The second kappa shape index (κ2) is 3.11. The Morgan fingerprint density at radius 3 is 2.69 bits per heavy atom. The molecule has 0 saturated heterocycles. The number of ketones is 1. The van der Waals surface area contributed by atoms with Crippen molar-refractivity contribution in [2.45, 2.75) is 31.8 Å². The molecule has 0 amide bonds. The van der Waals surface area contributed by atoms with E-state index in [1.54, 1.807) is 12.2 Å². The maximum absolute atomic E-state index is 10.9. The quantitative estimate of drug-likeness (QED) is 0.611. The number of hydrogen-bond donors (Lipinski definition) is 1. The minimum absolute atomic E-state index is 0.0222. The van der Waals surface area contributed by atoms with Crippen molar-refractivity contribution in [1.29, 1.82) is 0 Å². The molecular weight excluding hydrogens is 164 g/mol. The lowest BCUT2D eigenvalue weighted by atomic mass is 9.71. The number of rotatable bonds is 0. The van der Waals surface area contributed by atoms with Crippen LogP contribution < -0.4 is 0 Å². The Kier molecular flexibility index (Phi) is 2.08. The Labute approximate surface area is 78.0 Å². The van der Waals surface area contributed by atoms with Crippen LogP contribution in [0.1, 0.15) is 25.7 Å². The number of carbonyl (C=O) groups is 1. The van der Waals surface area contributed by atoms with Crippen LogP contribution in [0.3, 0.4) is 0 Å². The van der Waals surface area contributed by atoms with Gasteiger partial charge in [0.05, 0.1) is 6.10 Å². The molecular formula is C11H14O2. The maximum Gasteiger partial charge on any atom is 0.178 e. The zero-order chi connectivity index (χ0) is 9.31. The first-order valence-corrected chi connectivity index (χ1v) is 4.81. The molecule has 2 aliphatic carbocycles. The van der Waals surface area contributed by atoms with E-state index in [0.717, 1.165) is 25.7 Å². The molecule has 0 heterocycles. The summed E-state index contributed by atoms with van der Waals surface area (Å²) >= 11 is 0. The SMILES string of the molecule is O=C1C=CC2(C=C1)CCCC(O)C2. The van der Waals surface area contributed by atoms with E-state index in [-0.39, 0.29) is 17.3 Å². The molecule has 0 bridgehead atoms. The van der Waals surface area contributed by atoms with E-state index >= 15 is 0 Å². The van der Waals surface area contributed by atoms with E-state index in [1.807, 2.05) is 12.2 Å². The number of allylic oxidation sites excluding steroid dienone is 4. The normalized spacial score (nSPS) is 31.2. The molecule has 0 aromatic carbocycles. The third-order valence-electron chi connectivity index (χ3n) is 2.95. The van der Waals surface area contributed by atoms with Crippen LogP contribution >= 0.6 is 0 Å². The van der Waals surface area contributed by atoms with Gasteiger partial charge in [-0.3, -0.25) is 4.79 Å². The number of aliphatic hydroxyl groups is 1. The van der Waals surface area contributed by atoms with Gasteiger partial charge in [0.25, 0.3) is 0 Å². The van der Waals surface area contributed by atoms with Gasteiger partial charge in [0, 0.05) is 5.41 Å². The Morgan fingerprint density at radius 1 is 1.38 bits per heavy atom. The molecule has 1 fully saturated rings. The Balaban J connectivity index is 2.16. The van der Waals surface area contributed by atoms with Crippen LogP contribution in [0, 0.1) is 5.41 Å². The van der Waals surface area contributed by atoms with E-state index < -0.39 is 0 Å². The fourth-order valence-electron chi connectivity index (χ4n) is 2.22. The second-order valence-electron chi connectivity index (χ2n) is 4.05. The van der Waals surface area contributed by atoms with Crippen molar-refractivity contribution < 1.29 is 9.90 Å². The van der Waals surface area contributed by atoms with Gasteiger partial charge < -0.3 is 5.11 Å². The van der Waals surface area contributed by atoms with Gasteiger partial charge in [0.2, 0.25) is 0 Å². The summed E-state index contributed by atoms with van der Waals surface area (Å²) < 4.78 is 0. The minimum Gasteiger partial charge on any atom is -0.393 e. The van der Waals surface area contributed by atoms with E-state index in [0.29, 0.717) is 0 Å². The van der Waals surface area contributed by atoms with Crippen LogP contribution in [-0.2, 0) is 4.79 Å². The van der Waals surface area contributed by atoms with Crippen molar-refractivity contribution in [1.82, 2.24) is 0 Å². The highest BCUT2D eigenvalue weighted by Crippen LogP contribution is 2.40. The van der Waals surface area contributed by atoms with Crippen molar-refractivity contribution in [2.75, 3.05) is 0 Å². The van der Waals surface area contributed by atoms with Crippen LogP contribution in [0.25, 0.3) is 0 Å². The zero-order valence-electron chi connectivity index (χ0n) is 7.57. The van der Waals surface area contributed by atoms with Crippen molar-refractivity contribution in [3.63, 3.8) is 0 Å². The molecule has 2 aliphatic rings. The summed E-state index contributed by atoms with van der Waals surface area (Å²) in [7, 11) is 0. The monoisotopic (exact) mass is 178 g/mol. The van der Waals surface area contributed by atoms with Crippen molar-refractivity contribution in [3.8, 4) is 0 Å². The topological polar surface area (TPSA) is 37.3 Å². The molecule has 70 valence electrons. The molecule has 0 aromatic heterocycles. The first-order valence-electron chi connectivity index (χ1n) is 4.81. The van der Waals surface area contributed by atoms with Gasteiger partial charge in [0.15, 0.2) is 5.78 Å². The molecule has 0 aliphatic heterocycles. The molecule has 2 heteroatoms. The average Bonchev–Trinajstić information content (AvgIpc) is 2.11. The third kappa shape index (κ3) is 1.73. The highest BCUT2D eigenvalue weighted by molar-refractivity contribution is 6.00. The molecule has 1 unspecified atom stereocenters. The summed E-state index contributed by atoms with van der Waals surface area (Å²) in [6, 6.07) is 0. The lowest BCUT2D eigenvalue weighted by Crippen LogP contribution is -2.29. The summed E-state index contributed by atoms with van der Waals surface area (Å²) in [5, 5.41) is 9.54. The standard InChI is InChI=1S/C11H14O2/c12-9-3-6-11(7-4-9)5-1-2-10(13)8-11/h3-4,6-7,10,13H,1-2,5,8H2. The lowest BCUT2D eigenvalue weighted by Gasteiger charge is -2.35. The number of carbonyl (C=O) groups excluding carboxylic acids is 1. The molecule has 0 radical (unpaired) electrons. The third-order valence-corrected chi connectivity index (χ3v) is 2.95. The van der Waals surface area contributed by atoms with Crippen molar-refractivity contribution in [2.24, 2.45) is 5.41 Å². The second-order valence-corrected chi connectivity index (χ2v) is 4.05. The first-order chi connectivity index (χ1) is 6.20. The Hall–Kier alpha value is -0.890. The van der Waals surface area contributed by atoms with Crippen LogP contribution in [-0.4, -0.2) is 17.0 Å². The minimum atomic E-state index is -0.198. The lowest BCUT2D eigenvalue weighted by molar-refractivity contribution is -0.110. The van der Waals surface area contributed by atoms with Gasteiger partial charge in [0.1, 0.15) is 0 Å². The van der Waals surface area contributed by atoms with Gasteiger partial charge >= 0.3 is 0 Å². The van der Waals surface area contributed by atoms with E-state index in [2.05, 4.69) is 0 Å². The number of aliphatic hydroxyl groups excluding tert-OH is 1. The smallest absolute Gasteiger partial charge is 0.178 e. The Morgan fingerprint density at radius 2 is 2.08 bits per heavy atom. The summed E-state index contributed by atoms with van der Waals surface area (Å²) in [6.45, 7) is 0.